The standard InChI is InChI=1S/C18H17ClO6/c19-10-1-2-11-12(9-10)18(5-7-25-8-6-18)17(24)15(16(11)23)13(20)3-4-14(21)22/h1-2,9,15H,3-8H2,(H,21,22). The number of hydrogen-bond acceptors (Lipinski definition) is 5. The lowest BCUT2D eigenvalue weighted by atomic mass is 9.60. The number of ether oxygens (including phenoxy) is 1. The van der Waals surface area contributed by atoms with Gasteiger partial charge in [0.15, 0.2) is 17.3 Å². The van der Waals surface area contributed by atoms with E-state index in [2.05, 4.69) is 0 Å². The normalized spacial score (nSPS) is 21.9. The number of carbonyl (C=O) groups excluding carboxylic acids is 3. The number of fused-ring (bicyclic) bond motifs is 2. The Morgan fingerprint density at radius 3 is 2.52 bits per heavy atom. The summed E-state index contributed by atoms with van der Waals surface area (Å²) < 4.78 is 5.36. The number of carbonyl (C=O) groups is 4. The highest BCUT2D eigenvalue weighted by Gasteiger charge is 2.54. The van der Waals surface area contributed by atoms with Gasteiger partial charge in [-0.15, -0.1) is 0 Å². The second-order valence-corrected chi connectivity index (χ2v) is 6.84. The number of carboxylic acids is 1. The molecular formula is C18H17ClO6. The van der Waals surface area contributed by atoms with E-state index in [-0.39, 0.29) is 6.42 Å². The maximum atomic E-state index is 13.2. The highest BCUT2D eigenvalue weighted by molar-refractivity contribution is 6.32. The lowest BCUT2D eigenvalue weighted by Crippen LogP contribution is -2.53. The van der Waals surface area contributed by atoms with Crippen LogP contribution in [0.5, 0.6) is 0 Å². The number of aliphatic carboxylic acids is 1. The molecule has 25 heavy (non-hydrogen) atoms. The van der Waals surface area contributed by atoms with Gasteiger partial charge in [0.05, 0.1) is 11.8 Å². The van der Waals surface area contributed by atoms with E-state index in [0.717, 1.165) is 0 Å². The van der Waals surface area contributed by atoms with Gasteiger partial charge in [-0.1, -0.05) is 11.6 Å². The van der Waals surface area contributed by atoms with Crippen LogP contribution in [-0.4, -0.2) is 41.6 Å². The SMILES string of the molecule is O=C(O)CCC(=O)C1C(=O)c2ccc(Cl)cc2C2(CCOCC2)C1=O. The Labute approximate surface area is 149 Å². The van der Waals surface area contributed by atoms with E-state index < -0.39 is 41.1 Å². The summed E-state index contributed by atoms with van der Waals surface area (Å²) in [6, 6.07) is 4.72. The van der Waals surface area contributed by atoms with Crippen LogP contribution in [0.2, 0.25) is 5.02 Å². The summed E-state index contributed by atoms with van der Waals surface area (Å²) >= 11 is 6.07. The van der Waals surface area contributed by atoms with Crippen molar-refractivity contribution in [3.63, 3.8) is 0 Å². The number of benzene rings is 1. The van der Waals surface area contributed by atoms with Crippen molar-refractivity contribution in [2.24, 2.45) is 5.92 Å². The van der Waals surface area contributed by atoms with Crippen molar-refractivity contribution >= 4 is 34.9 Å². The van der Waals surface area contributed by atoms with Gasteiger partial charge in [-0.05, 0) is 36.6 Å². The first kappa shape index (κ1) is 17.8. The molecule has 6 nitrogen and oxygen atoms in total. The van der Waals surface area contributed by atoms with Crippen LogP contribution in [-0.2, 0) is 24.5 Å². The summed E-state index contributed by atoms with van der Waals surface area (Å²) in [6.45, 7) is 0.698. The Bertz CT molecular complexity index is 763. The van der Waals surface area contributed by atoms with E-state index in [1.54, 1.807) is 18.2 Å². The van der Waals surface area contributed by atoms with E-state index in [9.17, 15) is 19.2 Å². The van der Waals surface area contributed by atoms with E-state index in [1.807, 2.05) is 0 Å². The number of Topliss-reactive ketones (excluding diaryl/α,β-unsaturated/α-hetero) is 3. The number of halogens is 1. The van der Waals surface area contributed by atoms with Crippen LogP contribution in [0.1, 0.15) is 41.6 Å². The molecule has 1 N–H and O–H groups in total. The largest absolute Gasteiger partial charge is 0.481 e. The number of hydrogen-bond donors (Lipinski definition) is 1. The fraction of sp³-hybridized carbons (Fsp3) is 0.444. The fourth-order valence-electron chi connectivity index (χ4n) is 3.71. The maximum absolute atomic E-state index is 13.2. The molecule has 1 aliphatic heterocycles. The van der Waals surface area contributed by atoms with E-state index in [1.165, 1.54) is 0 Å². The van der Waals surface area contributed by atoms with E-state index >= 15 is 0 Å². The fourth-order valence-corrected chi connectivity index (χ4v) is 3.89. The van der Waals surface area contributed by atoms with Gasteiger partial charge in [0.25, 0.3) is 0 Å². The van der Waals surface area contributed by atoms with Crippen LogP contribution < -0.4 is 0 Å². The Morgan fingerprint density at radius 1 is 1.20 bits per heavy atom. The second kappa shape index (κ2) is 6.69. The van der Waals surface area contributed by atoms with Crippen molar-refractivity contribution < 1.29 is 29.0 Å². The van der Waals surface area contributed by atoms with Crippen molar-refractivity contribution in [2.75, 3.05) is 13.2 Å². The molecular weight excluding hydrogens is 348 g/mol. The van der Waals surface area contributed by atoms with Crippen LogP contribution in [0.4, 0.5) is 0 Å². The van der Waals surface area contributed by atoms with Crippen molar-refractivity contribution in [3.8, 4) is 0 Å². The lowest BCUT2D eigenvalue weighted by molar-refractivity contribution is -0.141. The van der Waals surface area contributed by atoms with E-state index in [4.69, 9.17) is 21.4 Å². The van der Waals surface area contributed by atoms with Gasteiger partial charge in [-0.2, -0.15) is 0 Å². The molecule has 1 aromatic carbocycles. The molecule has 1 aromatic rings. The van der Waals surface area contributed by atoms with Gasteiger partial charge >= 0.3 is 5.97 Å². The minimum absolute atomic E-state index is 0.319. The molecule has 0 radical (unpaired) electrons. The van der Waals surface area contributed by atoms with Crippen LogP contribution in [0.3, 0.4) is 0 Å². The summed E-state index contributed by atoms with van der Waals surface area (Å²) in [6.07, 6.45) is -0.00318. The van der Waals surface area contributed by atoms with Gasteiger partial charge < -0.3 is 9.84 Å². The Balaban J connectivity index is 2.07. The summed E-state index contributed by atoms with van der Waals surface area (Å²) in [4.78, 5) is 49.2. The van der Waals surface area contributed by atoms with Gasteiger partial charge in [0, 0.05) is 30.2 Å². The molecule has 3 rings (SSSR count). The third-order valence-electron chi connectivity index (χ3n) is 5.01. The van der Waals surface area contributed by atoms with Gasteiger partial charge in [0.2, 0.25) is 0 Å². The second-order valence-electron chi connectivity index (χ2n) is 6.41. The van der Waals surface area contributed by atoms with Gasteiger partial charge in [-0.25, -0.2) is 0 Å². The molecule has 0 saturated carbocycles. The third-order valence-corrected chi connectivity index (χ3v) is 5.25. The first-order chi connectivity index (χ1) is 11.9. The quantitative estimate of drug-likeness (QED) is 0.822. The molecule has 2 aliphatic rings. The van der Waals surface area contributed by atoms with Gasteiger partial charge in [-0.3, -0.25) is 19.2 Å². The number of ketones is 3. The zero-order valence-corrected chi connectivity index (χ0v) is 14.2. The molecule has 132 valence electrons. The zero-order valence-electron chi connectivity index (χ0n) is 13.4. The predicted octanol–water partition coefficient (Wildman–Crippen LogP) is 2.20. The summed E-state index contributed by atoms with van der Waals surface area (Å²) in [5, 5.41) is 9.19. The zero-order chi connectivity index (χ0) is 18.2. The highest BCUT2D eigenvalue weighted by Crippen LogP contribution is 2.45. The van der Waals surface area contributed by atoms with Crippen LogP contribution in [0.15, 0.2) is 18.2 Å². The first-order valence-electron chi connectivity index (χ1n) is 8.07. The molecule has 1 atom stereocenters. The molecule has 1 heterocycles. The molecule has 0 amide bonds. The molecule has 7 heteroatoms. The molecule has 1 spiro atoms. The summed E-state index contributed by atoms with van der Waals surface area (Å²) in [7, 11) is 0. The van der Waals surface area contributed by atoms with E-state index in [0.29, 0.717) is 42.2 Å². The van der Waals surface area contributed by atoms with Crippen molar-refractivity contribution in [2.45, 2.75) is 31.1 Å². The molecule has 1 unspecified atom stereocenters. The van der Waals surface area contributed by atoms with Crippen LogP contribution >= 0.6 is 11.6 Å². The average Bonchev–Trinajstić information content (AvgIpc) is 2.59. The van der Waals surface area contributed by atoms with Crippen molar-refractivity contribution in [3.05, 3.63) is 34.3 Å². The van der Waals surface area contributed by atoms with Crippen molar-refractivity contribution in [1.82, 2.24) is 0 Å². The number of rotatable bonds is 4. The van der Waals surface area contributed by atoms with Crippen LogP contribution in [0, 0.1) is 5.92 Å². The minimum Gasteiger partial charge on any atom is -0.481 e. The Kier molecular flexibility index (Phi) is 4.75. The summed E-state index contributed by atoms with van der Waals surface area (Å²) in [5.74, 6) is -4.23. The maximum Gasteiger partial charge on any atom is 0.303 e. The average molecular weight is 365 g/mol. The monoisotopic (exact) mass is 364 g/mol. The third kappa shape index (κ3) is 3.00. The lowest BCUT2D eigenvalue weighted by Gasteiger charge is -2.42. The molecule has 1 aliphatic carbocycles. The topological polar surface area (TPSA) is 97.7 Å². The predicted molar refractivity (Wildman–Crippen MR) is 87.9 cm³/mol. The Hall–Kier alpha value is -2.05. The van der Waals surface area contributed by atoms with Crippen LogP contribution in [0.25, 0.3) is 0 Å². The highest BCUT2D eigenvalue weighted by atomic mass is 35.5. The minimum atomic E-state index is -1.44. The Morgan fingerprint density at radius 2 is 1.88 bits per heavy atom. The smallest absolute Gasteiger partial charge is 0.303 e. The first-order valence-corrected chi connectivity index (χ1v) is 8.45. The molecule has 0 aromatic heterocycles. The molecule has 0 bridgehead atoms. The number of carboxylic acid groups (broad SMARTS) is 1. The van der Waals surface area contributed by atoms with Gasteiger partial charge in [0.1, 0.15) is 5.92 Å². The van der Waals surface area contributed by atoms with Crippen molar-refractivity contribution in [1.29, 1.82) is 0 Å². The summed E-state index contributed by atoms with van der Waals surface area (Å²) in [5.41, 5.74) is -0.101. The molecule has 1 saturated heterocycles. The molecule has 1 fully saturated rings.